The highest BCUT2D eigenvalue weighted by Crippen LogP contribution is 2.22. The van der Waals surface area contributed by atoms with Gasteiger partial charge >= 0.3 is 5.97 Å². The predicted octanol–water partition coefficient (Wildman–Crippen LogP) is 18.7. The molecule has 0 aromatic rings. The van der Waals surface area contributed by atoms with Crippen LogP contribution in [-0.4, -0.2) is 18.9 Å². The summed E-state index contributed by atoms with van der Waals surface area (Å²) in [5.41, 5.74) is 0. The van der Waals surface area contributed by atoms with E-state index in [1.54, 1.807) is 0 Å². The largest absolute Gasteiger partial charge is 0.465 e. The Bertz CT molecular complexity index is 831. The van der Waals surface area contributed by atoms with Gasteiger partial charge in [0.2, 0.25) is 0 Å². The summed E-state index contributed by atoms with van der Waals surface area (Å²) in [6.07, 6.45) is 67.1. The van der Waals surface area contributed by atoms with E-state index in [0.717, 1.165) is 44.8 Å². The molecule has 1 atom stereocenters. The fourth-order valence-electron chi connectivity index (χ4n) is 8.22. The van der Waals surface area contributed by atoms with E-state index < -0.39 is 0 Å². The molecule has 3 nitrogen and oxygen atoms in total. The van der Waals surface area contributed by atoms with Crippen LogP contribution in [0.25, 0.3) is 0 Å². The Balaban J connectivity index is 4.13. The van der Waals surface area contributed by atoms with Crippen LogP contribution in [0.2, 0.25) is 0 Å². The van der Waals surface area contributed by atoms with Gasteiger partial charge in [0.25, 0.3) is 0 Å². The highest BCUT2D eigenvalue weighted by molar-refractivity contribution is 5.72. The van der Waals surface area contributed by atoms with Crippen LogP contribution in [0.5, 0.6) is 0 Å². The summed E-state index contributed by atoms with van der Waals surface area (Å²) < 4.78 is 5.91. The van der Waals surface area contributed by atoms with Crippen molar-refractivity contribution < 1.29 is 14.3 Å². The number of unbranched alkanes of at least 4 members (excludes halogenated alkanes) is 37. The van der Waals surface area contributed by atoms with E-state index in [4.69, 9.17) is 4.74 Å². The number of carbonyl (C=O) groups is 2. The number of hydrogen-bond donors (Lipinski definition) is 0. The molecule has 0 rings (SSSR count). The van der Waals surface area contributed by atoms with Crippen LogP contribution in [0.4, 0.5) is 0 Å². The molecule has 57 heavy (non-hydrogen) atoms. The van der Waals surface area contributed by atoms with Crippen molar-refractivity contribution in [2.24, 2.45) is 5.92 Å². The van der Waals surface area contributed by atoms with Crippen LogP contribution in [0.1, 0.15) is 296 Å². The average molecular weight is 799 g/mol. The summed E-state index contributed by atoms with van der Waals surface area (Å²) >= 11 is 0. The molecule has 0 aliphatic heterocycles. The molecular weight excluding hydrogens is 697 g/mol. The zero-order valence-corrected chi connectivity index (χ0v) is 39.0. The molecule has 3 heteroatoms. The molecule has 0 N–H and O–H groups in total. The van der Waals surface area contributed by atoms with Crippen molar-refractivity contribution in [2.75, 3.05) is 6.61 Å². The molecular formula is C54H102O3. The maximum atomic E-state index is 13.2. The third kappa shape index (κ3) is 47.2. The number of aldehydes is 1. The second-order valence-electron chi connectivity index (χ2n) is 17.9. The van der Waals surface area contributed by atoms with Crippen molar-refractivity contribution in [2.45, 2.75) is 296 Å². The van der Waals surface area contributed by atoms with Gasteiger partial charge in [0.1, 0.15) is 6.29 Å². The fourth-order valence-corrected chi connectivity index (χ4v) is 8.22. The van der Waals surface area contributed by atoms with E-state index in [2.05, 4.69) is 38.2 Å². The Labute approximate surface area is 358 Å². The van der Waals surface area contributed by atoms with Gasteiger partial charge in [-0.2, -0.15) is 0 Å². The van der Waals surface area contributed by atoms with Crippen LogP contribution in [0, 0.1) is 5.92 Å². The molecule has 0 bridgehead atoms. The van der Waals surface area contributed by atoms with Crippen LogP contribution in [0.15, 0.2) is 24.3 Å². The Hall–Kier alpha value is -1.38. The smallest absolute Gasteiger partial charge is 0.308 e. The number of allylic oxidation sites excluding steroid dienone is 4. The van der Waals surface area contributed by atoms with Crippen molar-refractivity contribution >= 4 is 12.3 Å². The molecule has 0 aliphatic rings. The SMILES string of the molecule is CCCCCCCC/C=C\CCCCCCCCC(CCCCCC/C=C\CCCCCCCC)C(=O)OCCCCCCCCCCCCCCCCCC=O. The van der Waals surface area contributed by atoms with Crippen LogP contribution >= 0.6 is 0 Å². The molecule has 0 amide bonds. The number of carbonyl (C=O) groups excluding carboxylic acids is 2. The minimum Gasteiger partial charge on any atom is -0.465 e. The van der Waals surface area contributed by atoms with E-state index in [1.165, 1.54) is 244 Å². The molecule has 0 radical (unpaired) electrons. The Kier molecular flexibility index (Phi) is 49.5. The molecule has 0 aliphatic carbocycles. The van der Waals surface area contributed by atoms with E-state index in [1.807, 2.05) is 0 Å². The Morgan fingerprint density at radius 1 is 0.351 bits per heavy atom. The van der Waals surface area contributed by atoms with E-state index in [0.29, 0.717) is 6.61 Å². The van der Waals surface area contributed by atoms with Crippen LogP contribution in [-0.2, 0) is 14.3 Å². The van der Waals surface area contributed by atoms with Gasteiger partial charge < -0.3 is 9.53 Å². The van der Waals surface area contributed by atoms with Crippen molar-refractivity contribution in [3.63, 3.8) is 0 Å². The van der Waals surface area contributed by atoms with Gasteiger partial charge in [-0.25, -0.2) is 0 Å². The standard InChI is InChI=1S/C54H102O3/c1-3-5-7-9-11-13-15-17-19-22-26-30-34-38-42-46-50-53(49-45-41-37-33-29-25-18-16-14-12-10-8-6-4-2)54(56)57-52-48-44-40-36-32-28-24-21-20-23-27-31-35-39-43-47-51-55/h17-19,25,51,53H,3-16,20-24,26-50,52H2,1-2H3/b19-17-,25-18-. The van der Waals surface area contributed by atoms with Gasteiger partial charge in [0.15, 0.2) is 0 Å². The lowest BCUT2D eigenvalue weighted by molar-refractivity contribution is -0.149. The maximum Gasteiger partial charge on any atom is 0.308 e. The monoisotopic (exact) mass is 799 g/mol. The summed E-state index contributed by atoms with van der Waals surface area (Å²) in [6, 6.07) is 0. The van der Waals surface area contributed by atoms with E-state index in [-0.39, 0.29) is 11.9 Å². The zero-order valence-electron chi connectivity index (χ0n) is 39.0. The predicted molar refractivity (Wildman–Crippen MR) is 253 cm³/mol. The maximum absolute atomic E-state index is 13.2. The van der Waals surface area contributed by atoms with Gasteiger partial charge in [-0.1, -0.05) is 237 Å². The first-order valence-corrected chi connectivity index (χ1v) is 26.2. The summed E-state index contributed by atoms with van der Waals surface area (Å²) in [4.78, 5) is 23.6. The Morgan fingerprint density at radius 3 is 0.930 bits per heavy atom. The molecule has 0 saturated heterocycles. The highest BCUT2D eigenvalue weighted by atomic mass is 16.5. The lowest BCUT2D eigenvalue weighted by Crippen LogP contribution is -2.18. The minimum atomic E-state index is 0.0956. The molecule has 0 heterocycles. The lowest BCUT2D eigenvalue weighted by atomic mass is 9.94. The molecule has 0 fully saturated rings. The number of ether oxygens (including phenoxy) is 1. The van der Waals surface area contributed by atoms with E-state index >= 15 is 0 Å². The van der Waals surface area contributed by atoms with Crippen molar-refractivity contribution in [3.8, 4) is 0 Å². The second kappa shape index (κ2) is 50.8. The van der Waals surface area contributed by atoms with E-state index in [9.17, 15) is 9.59 Å². The summed E-state index contributed by atoms with van der Waals surface area (Å²) in [7, 11) is 0. The molecule has 0 spiro atoms. The van der Waals surface area contributed by atoms with Crippen LogP contribution < -0.4 is 0 Å². The minimum absolute atomic E-state index is 0.0956. The quantitative estimate of drug-likeness (QED) is 0.0266. The average Bonchev–Trinajstić information content (AvgIpc) is 3.22. The van der Waals surface area contributed by atoms with Crippen molar-refractivity contribution in [1.82, 2.24) is 0 Å². The first kappa shape index (κ1) is 55.6. The molecule has 0 aromatic carbocycles. The van der Waals surface area contributed by atoms with Crippen molar-refractivity contribution in [1.29, 1.82) is 0 Å². The van der Waals surface area contributed by atoms with Gasteiger partial charge in [-0.05, 0) is 77.0 Å². The summed E-state index contributed by atoms with van der Waals surface area (Å²) in [5.74, 6) is 0.200. The van der Waals surface area contributed by atoms with Gasteiger partial charge in [-0.3, -0.25) is 4.79 Å². The number of rotatable bonds is 49. The van der Waals surface area contributed by atoms with Crippen molar-refractivity contribution in [3.05, 3.63) is 24.3 Å². The summed E-state index contributed by atoms with van der Waals surface area (Å²) in [5, 5.41) is 0. The highest BCUT2D eigenvalue weighted by Gasteiger charge is 2.19. The van der Waals surface area contributed by atoms with Gasteiger partial charge in [0.05, 0.1) is 12.5 Å². The third-order valence-electron chi connectivity index (χ3n) is 12.2. The first-order chi connectivity index (χ1) is 28.3. The van der Waals surface area contributed by atoms with Gasteiger partial charge in [-0.15, -0.1) is 0 Å². The number of hydrogen-bond acceptors (Lipinski definition) is 3. The van der Waals surface area contributed by atoms with Gasteiger partial charge in [0, 0.05) is 6.42 Å². The Morgan fingerprint density at radius 2 is 0.614 bits per heavy atom. The lowest BCUT2D eigenvalue weighted by Gasteiger charge is -2.16. The number of esters is 1. The first-order valence-electron chi connectivity index (χ1n) is 26.2. The third-order valence-corrected chi connectivity index (χ3v) is 12.2. The van der Waals surface area contributed by atoms with Crippen LogP contribution in [0.3, 0.4) is 0 Å². The second-order valence-corrected chi connectivity index (χ2v) is 17.9. The topological polar surface area (TPSA) is 43.4 Å². The fraction of sp³-hybridized carbons (Fsp3) is 0.889. The molecule has 336 valence electrons. The molecule has 1 unspecified atom stereocenters. The normalized spacial score (nSPS) is 12.3. The molecule has 0 aromatic heterocycles. The molecule has 0 saturated carbocycles. The zero-order chi connectivity index (χ0) is 41.2. The summed E-state index contributed by atoms with van der Waals surface area (Å²) in [6.45, 7) is 5.19.